The molecule has 0 spiro atoms. The number of halogens is 2. The SMILES string of the molecule is CN=C(NCCc1ccc(Cl)nc1)NCC1CCCN(CC(C)C)C1.I. The van der Waals surface area contributed by atoms with Crippen molar-refractivity contribution in [1.82, 2.24) is 20.5 Å². The monoisotopic (exact) mass is 493 g/mol. The molecule has 1 atom stereocenters. The highest BCUT2D eigenvalue weighted by molar-refractivity contribution is 14.0. The third kappa shape index (κ3) is 8.86. The lowest BCUT2D eigenvalue weighted by Gasteiger charge is -2.34. The quantitative estimate of drug-likeness (QED) is 0.264. The Morgan fingerprint density at radius 3 is 2.85 bits per heavy atom. The van der Waals surface area contributed by atoms with Crippen molar-refractivity contribution in [2.24, 2.45) is 16.8 Å². The van der Waals surface area contributed by atoms with Crippen LogP contribution >= 0.6 is 35.6 Å². The second kappa shape index (κ2) is 12.7. The highest BCUT2D eigenvalue weighted by Crippen LogP contribution is 2.16. The van der Waals surface area contributed by atoms with Gasteiger partial charge in [-0.05, 0) is 49.3 Å². The zero-order chi connectivity index (χ0) is 18.1. The van der Waals surface area contributed by atoms with E-state index in [0.29, 0.717) is 11.1 Å². The Morgan fingerprint density at radius 1 is 1.38 bits per heavy atom. The standard InChI is InChI=1S/C19H32ClN5.HI/c1-15(2)13-25-10-4-5-17(14-25)12-24-19(21-3)22-9-8-16-6-7-18(20)23-11-16;/h6-7,11,15,17H,4-5,8-10,12-14H2,1-3H3,(H2,21,22,24);1H. The Morgan fingerprint density at radius 2 is 2.19 bits per heavy atom. The molecule has 2 rings (SSSR count). The van der Waals surface area contributed by atoms with E-state index in [1.54, 1.807) is 0 Å². The summed E-state index contributed by atoms with van der Waals surface area (Å²) >= 11 is 5.81. The Labute approximate surface area is 180 Å². The minimum atomic E-state index is 0. The molecule has 0 bridgehead atoms. The largest absolute Gasteiger partial charge is 0.356 e. The summed E-state index contributed by atoms with van der Waals surface area (Å²) in [6.07, 6.45) is 5.33. The predicted molar refractivity (Wildman–Crippen MR) is 122 cm³/mol. The average Bonchev–Trinajstić information content (AvgIpc) is 2.59. The van der Waals surface area contributed by atoms with Crippen molar-refractivity contribution in [3.8, 4) is 0 Å². The average molecular weight is 494 g/mol. The third-order valence-electron chi connectivity index (χ3n) is 4.50. The van der Waals surface area contributed by atoms with Crippen LogP contribution in [0.3, 0.4) is 0 Å². The molecule has 2 N–H and O–H groups in total. The van der Waals surface area contributed by atoms with E-state index in [1.165, 1.54) is 38.0 Å². The van der Waals surface area contributed by atoms with Crippen molar-refractivity contribution in [1.29, 1.82) is 0 Å². The molecule has 7 heteroatoms. The van der Waals surface area contributed by atoms with Crippen molar-refractivity contribution < 1.29 is 0 Å². The molecule has 0 radical (unpaired) electrons. The number of nitrogens with one attached hydrogen (secondary N) is 2. The summed E-state index contributed by atoms with van der Waals surface area (Å²) in [4.78, 5) is 11.0. The number of pyridine rings is 1. The molecule has 0 aliphatic carbocycles. The fourth-order valence-corrected chi connectivity index (χ4v) is 3.45. The van der Waals surface area contributed by atoms with Gasteiger partial charge in [-0.15, -0.1) is 24.0 Å². The molecule has 1 aromatic rings. The fraction of sp³-hybridized carbons (Fsp3) is 0.684. The third-order valence-corrected chi connectivity index (χ3v) is 4.73. The van der Waals surface area contributed by atoms with Gasteiger partial charge in [0.05, 0.1) is 0 Å². The van der Waals surface area contributed by atoms with Gasteiger partial charge in [0.25, 0.3) is 0 Å². The summed E-state index contributed by atoms with van der Waals surface area (Å²) in [5, 5.41) is 7.40. The zero-order valence-corrected chi connectivity index (χ0v) is 19.3. The van der Waals surface area contributed by atoms with Crippen molar-refractivity contribution in [2.75, 3.05) is 39.8 Å². The van der Waals surface area contributed by atoms with Crippen molar-refractivity contribution in [3.05, 3.63) is 29.0 Å². The maximum absolute atomic E-state index is 5.81. The van der Waals surface area contributed by atoms with Gasteiger partial charge in [0.1, 0.15) is 5.15 Å². The number of nitrogens with zero attached hydrogens (tertiary/aromatic N) is 3. The number of aromatic nitrogens is 1. The molecule has 5 nitrogen and oxygen atoms in total. The normalized spacial score (nSPS) is 18.5. The lowest BCUT2D eigenvalue weighted by molar-refractivity contribution is 0.159. The lowest BCUT2D eigenvalue weighted by atomic mass is 9.97. The number of guanidine groups is 1. The van der Waals surface area contributed by atoms with Crippen molar-refractivity contribution in [2.45, 2.75) is 33.1 Å². The fourth-order valence-electron chi connectivity index (χ4n) is 3.34. The summed E-state index contributed by atoms with van der Waals surface area (Å²) in [7, 11) is 1.82. The van der Waals surface area contributed by atoms with E-state index in [4.69, 9.17) is 11.6 Å². The van der Waals surface area contributed by atoms with Gasteiger partial charge in [0.2, 0.25) is 0 Å². The second-order valence-electron chi connectivity index (χ2n) is 7.28. The van der Waals surface area contributed by atoms with Gasteiger partial charge in [-0.25, -0.2) is 4.98 Å². The molecule has 1 aliphatic rings. The van der Waals surface area contributed by atoms with Gasteiger partial charge in [-0.3, -0.25) is 4.99 Å². The summed E-state index contributed by atoms with van der Waals surface area (Å²) in [6.45, 7) is 10.0. The molecule has 2 heterocycles. The Bertz CT molecular complexity index is 535. The van der Waals surface area contributed by atoms with E-state index < -0.39 is 0 Å². The maximum Gasteiger partial charge on any atom is 0.190 e. The first-order valence-electron chi connectivity index (χ1n) is 9.34. The molecule has 1 saturated heterocycles. The smallest absolute Gasteiger partial charge is 0.190 e. The first-order chi connectivity index (χ1) is 12.1. The molecular weight excluding hydrogens is 461 g/mol. The molecule has 0 saturated carbocycles. The molecule has 26 heavy (non-hydrogen) atoms. The van der Waals surface area contributed by atoms with E-state index in [9.17, 15) is 0 Å². The molecule has 1 unspecified atom stereocenters. The zero-order valence-electron chi connectivity index (χ0n) is 16.2. The molecule has 1 fully saturated rings. The molecule has 1 aromatic heterocycles. The Kier molecular flexibility index (Phi) is 11.5. The molecule has 148 valence electrons. The number of hydrogen-bond acceptors (Lipinski definition) is 3. The summed E-state index contributed by atoms with van der Waals surface area (Å²) in [5.74, 6) is 2.32. The highest BCUT2D eigenvalue weighted by atomic mass is 127. The molecule has 0 aromatic carbocycles. The number of likely N-dealkylation sites (tertiary alicyclic amines) is 1. The number of hydrogen-bond donors (Lipinski definition) is 2. The Hall–Kier alpha value is -0.600. The first kappa shape index (κ1) is 23.4. The van der Waals surface area contributed by atoms with Crippen LogP contribution in [0.25, 0.3) is 0 Å². The summed E-state index contributed by atoms with van der Waals surface area (Å²) < 4.78 is 0. The number of piperidine rings is 1. The van der Waals surface area contributed by atoms with Crippen LogP contribution in [0.2, 0.25) is 5.15 Å². The van der Waals surface area contributed by atoms with Gasteiger partial charge in [-0.2, -0.15) is 0 Å². The second-order valence-corrected chi connectivity index (χ2v) is 7.67. The van der Waals surface area contributed by atoms with Crippen molar-refractivity contribution >= 4 is 41.5 Å². The molecule has 1 aliphatic heterocycles. The Balaban J connectivity index is 0.00000338. The highest BCUT2D eigenvalue weighted by Gasteiger charge is 2.20. The van der Waals surface area contributed by atoms with E-state index >= 15 is 0 Å². The van der Waals surface area contributed by atoms with Gasteiger partial charge in [0, 0.05) is 39.4 Å². The minimum absolute atomic E-state index is 0. The van der Waals surface area contributed by atoms with Crippen LogP contribution in [0.1, 0.15) is 32.3 Å². The van der Waals surface area contributed by atoms with Crippen LogP contribution in [-0.4, -0.2) is 55.6 Å². The lowest BCUT2D eigenvalue weighted by Crippen LogP contribution is -2.45. The van der Waals surface area contributed by atoms with Gasteiger partial charge < -0.3 is 15.5 Å². The van der Waals surface area contributed by atoms with E-state index in [-0.39, 0.29) is 24.0 Å². The van der Waals surface area contributed by atoms with Crippen LogP contribution in [0.5, 0.6) is 0 Å². The first-order valence-corrected chi connectivity index (χ1v) is 9.72. The molecule has 0 amide bonds. The van der Waals surface area contributed by atoms with Crippen LogP contribution < -0.4 is 10.6 Å². The number of aliphatic imine (C=N–C) groups is 1. The topological polar surface area (TPSA) is 52.6 Å². The number of rotatable bonds is 7. The van der Waals surface area contributed by atoms with Crippen LogP contribution in [-0.2, 0) is 6.42 Å². The molecular formula is C19H33ClIN5. The van der Waals surface area contributed by atoms with Gasteiger partial charge in [0.15, 0.2) is 5.96 Å². The van der Waals surface area contributed by atoms with E-state index in [1.807, 2.05) is 25.4 Å². The van der Waals surface area contributed by atoms with Gasteiger partial charge >= 0.3 is 0 Å². The maximum atomic E-state index is 5.81. The van der Waals surface area contributed by atoms with Crippen molar-refractivity contribution in [3.63, 3.8) is 0 Å². The summed E-state index contributed by atoms with van der Waals surface area (Å²) in [6, 6.07) is 3.84. The minimum Gasteiger partial charge on any atom is -0.356 e. The van der Waals surface area contributed by atoms with E-state index in [0.717, 1.165) is 31.4 Å². The van der Waals surface area contributed by atoms with Crippen LogP contribution in [0.4, 0.5) is 0 Å². The van der Waals surface area contributed by atoms with Crippen LogP contribution in [0, 0.1) is 11.8 Å². The van der Waals surface area contributed by atoms with Gasteiger partial charge in [-0.1, -0.05) is 31.5 Å². The van der Waals surface area contributed by atoms with Crippen LogP contribution in [0.15, 0.2) is 23.3 Å². The van der Waals surface area contributed by atoms with E-state index in [2.05, 4.69) is 39.4 Å². The summed E-state index contributed by atoms with van der Waals surface area (Å²) in [5.41, 5.74) is 1.17. The predicted octanol–water partition coefficient (Wildman–Crippen LogP) is 3.43.